The van der Waals surface area contributed by atoms with Crippen LogP contribution in [0, 0.1) is 5.92 Å². The number of carbonyl (C=O) groups is 1. The molecule has 1 fully saturated rings. The molecule has 1 aliphatic rings. The van der Waals surface area contributed by atoms with Gasteiger partial charge in [0.15, 0.2) is 0 Å². The van der Waals surface area contributed by atoms with Gasteiger partial charge in [0, 0.05) is 23.1 Å². The van der Waals surface area contributed by atoms with E-state index in [2.05, 4.69) is 4.84 Å². The minimum atomic E-state index is -4.96. The normalized spacial score (nSPS) is 17.5. The van der Waals surface area contributed by atoms with E-state index in [1.54, 1.807) is 12.1 Å². The summed E-state index contributed by atoms with van der Waals surface area (Å²) in [5, 5.41) is 2.21. The van der Waals surface area contributed by atoms with Crippen LogP contribution in [-0.2, 0) is 16.1 Å². The third-order valence-corrected chi connectivity index (χ3v) is 4.13. The van der Waals surface area contributed by atoms with Crippen molar-refractivity contribution in [2.24, 2.45) is 5.92 Å². The van der Waals surface area contributed by atoms with E-state index in [0.717, 1.165) is 17.0 Å². The first-order valence-corrected chi connectivity index (χ1v) is 7.49. The largest absolute Gasteiger partial charge is 0.492 e. The fourth-order valence-electron chi connectivity index (χ4n) is 2.37. The van der Waals surface area contributed by atoms with Crippen molar-refractivity contribution in [3.63, 3.8) is 0 Å². The molecule has 1 heterocycles. The standard InChI is InChI=1S/C14H14Cl2F3NO2/c15-11-2-1-10(12(16)8-11)7-9-3-5-20(6-4-9)22-13(21)14(17,18)19/h1-2,8-9H,3-7H2. The molecule has 3 nitrogen and oxygen atoms in total. The van der Waals surface area contributed by atoms with Crippen LogP contribution in [0.4, 0.5) is 13.2 Å². The molecular formula is C14H14Cl2F3NO2. The van der Waals surface area contributed by atoms with Crippen LogP contribution in [0.5, 0.6) is 0 Å². The molecule has 0 spiro atoms. The molecule has 0 unspecified atom stereocenters. The molecular weight excluding hydrogens is 342 g/mol. The predicted octanol–water partition coefficient (Wildman–Crippen LogP) is 4.27. The fourth-order valence-corrected chi connectivity index (χ4v) is 2.86. The molecule has 1 saturated heterocycles. The van der Waals surface area contributed by atoms with Gasteiger partial charge in [-0.05, 0) is 42.9 Å². The summed E-state index contributed by atoms with van der Waals surface area (Å²) in [6.07, 6.45) is -2.99. The molecule has 2 rings (SSSR count). The lowest BCUT2D eigenvalue weighted by atomic mass is 9.91. The van der Waals surface area contributed by atoms with Gasteiger partial charge in [0.1, 0.15) is 0 Å². The van der Waals surface area contributed by atoms with Crippen LogP contribution in [0.25, 0.3) is 0 Å². The molecule has 8 heteroatoms. The number of alkyl halides is 3. The Bertz CT molecular complexity index is 543. The van der Waals surface area contributed by atoms with Crippen molar-refractivity contribution < 1.29 is 22.8 Å². The number of rotatable bonds is 3. The Morgan fingerprint density at radius 3 is 2.45 bits per heavy atom. The zero-order valence-electron chi connectivity index (χ0n) is 11.5. The molecule has 1 aliphatic heterocycles. The quantitative estimate of drug-likeness (QED) is 0.810. The van der Waals surface area contributed by atoms with Gasteiger partial charge in [0.2, 0.25) is 0 Å². The summed E-state index contributed by atoms with van der Waals surface area (Å²) in [5.74, 6) is -1.90. The Morgan fingerprint density at radius 1 is 1.27 bits per heavy atom. The third-order valence-electron chi connectivity index (χ3n) is 3.54. The second-order valence-electron chi connectivity index (χ2n) is 5.19. The Kier molecular flexibility index (Phi) is 5.58. The Hall–Kier alpha value is -0.980. The first kappa shape index (κ1) is 17.4. The minimum absolute atomic E-state index is 0.275. The highest BCUT2D eigenvalue weighted by Gasteiger charge is 2.42. The van der Waals surface area contributed by atoms with E-state index in [0.29, 0.717) is 22.9 Å². The molecule has 1 aromatic rings. The van der Waals surface area contributed by atoms with E-state index in [-0.39, 0.29) is 19.0 Å². The molecule has 0 amide bonds. The molecule has 0 N–H and O–H groups in total. The first-order valence-electron chi connectivity index (χ1n) is 6.73. The SMILES string of the molecule is O=C(ON1CCC(Cc2ccc(Cl)cc2Cl)CC1)C(F)(F)F. The van der Waals surface area contributed by atoms with Gasteiger partial charge in [-0.2, -0.15) is 13.2 Å². The van der Waals surface area contributed by atoms with Gasteiger partial charge in [-0.3, -0.25) is 0 Å². The highest BCUT2D eigenvalue weighted by molar-refractivity contribution is 6.35. The number of nitrogens with zero attached hydrogens (tertiary/aromatic N) is 1. The third kappa shape index (κ3) is 4.76. The number of hydrogen-bond donors (Lipinski definition) is 0. The van der Waals surface area contributed by atoms with Crippen molar-refractivity contribution in [3.05, 3.63) is 33.8 Å². The van der Waals surface area contributed by atoms with E-state index < -0.39 is 12.1 Å². The van der Waals surface area contributed by atoms with E-state index in [1.807, 2.05) is 6.07 Å². The number of hydrogen-bond acceptors (Lipinski definition) is 3. The predicted molar refractivity (Wildman–Crippen MR) is 76.6 cm³/mol. The van der Waals surface area contributed by atoms with Crippen molar-refractivity contribution in [3.8, 4) is 0 Å². The minimum Gasteiger partial charge on any atom is -0.361 e. The summed E-state index contributed by atoms with van der Waals surface area (Å²) < 4.78 is 36.4. The summed E-state index contributed by atoms with van der Waals surface area (Å²) >= 11 is 11.9. The number of carbonyl (C=O) groups excluding carboxylic acids is 1. The second-order valence-corrected chi connectivity index (χ2v) is 6.03. The van der Waals surface area contributed by atoms with Crippen LogP contribution < -0.4 is 0 Å². The Morgan fingerprint density at radius 2 is 1.91 bits per heavy atom. The van der Waals surface area contributed by atoms with Gasteiger partial charge in [-0.25, -0.2) is 4.79 Å². The van der Waals surface area contributed by atoms with E-state index in [9.17, 15) is 18.0 Å². The zero-order valence-corrected chi connectivity index (χ0v) is 13.0. The van der Waals surface area contributed by atoms with Crippen molar-refractivity contribution in [1.82, 2.24) is 5.06 Å². The Labute approximate surface area is 135 Å². The molecule has 0 radical (unpaired) electrons. The maximum atomic E-state index is 12.1. The highest BCUT2D eigenvalue weighted by Crippen LogP contribution is 2.28. The van der Waals surface area contributed by atoms with Crippen molar-refractivity contribution in [2.45, 2.75) is 25.4 Å². The van der Waals surface area contributed by atoms with Crippen molar-refractivity contribution in [2.75, 3.05) is 13.1 Å². The zero-order chi connectivity index (χ0) is 16.3. The number of benzene rings is 1. The monoisotopic (exact) mass is 355 g/mol. The van der Waals surface area contributed by atoms with Crippen LogP contribution in [0.2, 0.25) is 10.0 Å². The number of piperidine rings is 1. The van der Waals surface area contributed by atoms with Crippen LogP contribution >= 0.6 is 23.2 Å². The number of halogens is 5. The Balaban J connectivity index is 1.83. The van der Waals surface area contributed by atoms with Crippen molar-refractivity contribution in [1.29, 1.82) is 0 Å². The summed E-state index contributed by atoms with van der Waals surface area (Å²) in [5.41, 5.74) is 0.955. The topological polar surface area (TPSA) is 29.5 Å². The van der Waals surface area contributed by atoms with Gasteiger partial charge in [0.25, 0.3) is 0 Å². The maximum Gasteiger partial charge on any atom is 0.492 e. The molecule has 1 aromatic carbocycles. The summed E-state index contributed by atoms with van der Waals surface area (Å²) in [6.45, 7) is 0.551. The van der Waals surface area contributed by atoms with E-state index in [4.69, 9.17) is 23.2 Å². The summed E-state index contributed by atoms with van der Waals surface area (Å²) in [6, 6.07) is 5.27. The molecule has 0 saturated carbocycles. The van der Waals surface area contributed by atoms with E-state index >= 15 is 0 Å². The molecule has 22 heavy (non-hydrogen) atoms. The molecule has 0 aliphatic carbocycles. The fraction of sp³-hybridized carbons (Fsp3) is 0.500. The van der Waals surface area contributed by atoms with Gasteiger partial charge < -0.3 is 4.84 Å². The second kappa shape index (κ2) is 7.06. The highest BCUT2D eigenvalue weighted by atomic mass is 35.5. The maximum absolute atomic E-state index is 12.1. The van der Waals surface area contributed by atoms with Crippen LogP contribution in [0.3, 0.4) is 0 Å². The van der Waals surface area contributed by atoms with Crippen molar-refractivity contribution >= 4 is 29.2 Å². The van der Waals surface area contributed by atoms with Crippen LogP contribution in [0.1, 0.15) is 18.4 Å². The van der Waals surface area contributed by atoms with Gasteiger partial charge in [-0.1, -0.05) is 29.3 Å². The van der Waals surface area contributed by atoms with E-state index in [1.165, 1.54) is 0 Å². The van der Waals surface area contributed by atoms with Crippen LogP contribution in [-0.4, -0.2) is 30.3 Å². The lowest BCUT2D eigenvalue weighted by Crippen LogP contribution is -2.39. The average Bonchev–Trinajstić information content (AvgIpc) is 2.43. The van der Waals surface area contributed by atoms with Gasteiger partial charge in [-0.15, -0.1) is 5.06 Å². The lowest BCUT2D eigenvalue weighted by molar-refractivity contribution is -0.242. The molecule has 0 bridgehead atoms. The first-order chi connectivity index (χ1) is 10.3. The average molecular weight is 356 g/mol. The van der Waals surface area contributed by atoms with Crippen LogP contribution in [0.15, 0.2) is 18.2 Å². The summed E-state index contributed by atoms with van der Waals surface area (Å²) in [4.78, 5) is 15.1. The lowest BCUT2D eigenvalue weighted by Gasteiger charge is -2.30. The smallest absolute Gasteiger partial charge is 0.361 e. The number of hydroxylamine groups is 2. The molecule has 0 aromatic heterocycles. The molecule has 122 valence electrons. The summed E-state index contributed by atoms with van der Waals surface area (Å²) in [7, 11) is 0. The van der Waals surface area contributed by atoms with Gasteiger partial charge >= 0.3 is 12.1 Å². The molecule has 0 atom stereocenters. The van der Waals surface area contributed by atoms with Gasteiger partial charge in [0.05, 0.1) is 0 Å².